The van der Waals surface area contributed by atoms with Crippen LogP contribution in [-0.2, 0) is 15.9 Å². The summed E-state index contributed by atoms with van der Waals surface area (Å²) < 4.78 is 11.3. The minimum absolute atomic E-state index is 0.583. The molecule has 0 radical (unpaired) electrons. The molecule has 2 heterocycles. The van der Waals surface area contributed by atoms with Crippen LogP contribution in [0, 0.1) is 6.92 Å². The van der Waals surface area contributed by atoms with Crippen molar-refractivity contribution >= 4 is 17.3 Å². The van der Waals surface area contributed by atoms with Gasteiger partial charge in [0.2, 0.25) is 0 Å². The zero-order valence-corrected chi connectivity index (χ0v) is 18.7. The molecular weight excluding hydrogens is 412 g/mol. The number of rotatable bonds is 5. The van der Waals surface area contributed by atoms with E-state index in [2.05, 4.69) is 37.3 Å². The van der Waals surface area contributed by atoms with E-state index in [0.29, 0.717) is 6.61 Å². The number of ether oxygens (including phenoxy) is 2. The van der Waals surface area contributed by atoms with Crippen LogP contribution in [0.5, 0.6) is 0 Å². The van der Waals surface area contributed by atoms with Gasteiger partial charge in [-0.3, -0.25) is 0 Å². The molecule has 6 heteroatoms. The first-order valence-electron chi connectivity index (χ1n) is 10.7. The molecule has 2 aromatic rings. The number of hydrogen-bond acceptors (Lipinski definition) is 6. The first-order chi connectivity index (χ1) is 15.0. The number of hydrogen-bond donors (Lipinski definition) is 3. The van der Waals surface area contributed by atoms with Gasteiger partial charge in [-0.25, -0.2) is 0 Å². The Hall–Kier alpha value is -1.67. The van der Waals surface area contributed by atoms with Crippen LogP contribution in [0.1, 0.15) is 40.3 Å². The van der Waals surface area contributed by atoms with Gasteiger partial charge in [-0.2, -0.15) is 0 Å². The Morgan fingerprint density at radius 2 is 1.77 bits per heavy atom. The van der Waals surface area contributed by atoms with Gasteiger partial charge in [-0.05, 0) is 59.4 Å². The number of benzene rings is 2. The summed E-state index contributed by atoms with van der Waals surface area (Å²) in [6, 6.07) is 14.6. The minimum atomic E-state index is -1.24. The third-order valence-corrected chi connectivity index (χ3v) is 7.04. The maximum absolute atomic E-state index is 10.5. The lowest BCUT2D eigenvalue weighted by Crippen LogP contribution is -2.52. The van der Waals surface area contributed by atoms with Crippen molar-refractivity contribution in [3.05, 3.63) is 76.4 Å². The Labute approximate surface area is 187 Å². The molecule has 0 aliphatic carbocycles. The molecule has 0 spiro atoms. The van der Waals surface area contributed by atoms with Gasteiger partial charge in [0.25, 0.3) is 0 Å². The lowest BCUT2D eigenvalue weighted by atomic mass is 9.90. The SMILES string of the molecule is CS[C@H]1OC(c2ccc(C)c(Cc3ccc(C4=CCOCC4)cc3)c2)[C@H](O)[C@@H](O)[C@@H]1O. The fraction of sp³-hybridized carbons (Fsp3) is 0.440. The van der Waals surface area contributed by atoms with Crippen LogP contribution in [0.3, 0.4) is 0 Å². The van der Waals surface area contributed by atoms with Crippen LogP contribution in [0.15, 0.2) is 48.5 Å². The topological polar surface area (TPSA) is 79.2 Å². The van der Waals surface area contributed by atoms with Crippen LogP contribution in [0.25, 0.3) is 5.57 Å². The molecule has 166 valence electrons. The molecule has 0 aromatic heterocycles. The molecule has 2 aliphatic rings. The average Bonchev–Trinajstić information content (AvgIpc) is 2.80. The molecule has 1 fully saturated rings. The highest BCUT2D eigenvalue weighted by molar-refractivity contribution is 7.99. The molecule has 5 nitrogen and oxygen atoms in total. The monoisotopic (exact) mass is 442 g/mol. The van der Waals surface area contributed by atoms with E-state index >= 15 is 0 Å². The van der Waals surface area contributed by atoms with Gasteiger partial charge in [0.1, 0.15) is 29.9 Å². The van der Waals surface area contributed by atoms with Crippen LogP contribution in [0.2, 0.25) is 0 Å². The van der Waals surface area contributed by atoms with Gasteiger partial charge in [0.05, 0.1) is 13.2 Å². The van der Waals surface area contributed by atoms with E-state index in [0.717, 1.165) is 36.1 Å². The standard InChI is InChI=1S/C25H30O5S/c1-15-3-6-19(24-22(27)21(26)23(28)25(30-24)31-2)14-20(15)13-16-4-7-17(8-5-16)18-9-11-29-12-10-18/h3-9,14,21-28H,10-13H2,1-2H3/t21-,22-,23+,24?,25-/m1/s1. The smallest absolute Gasteiger partial charge is 0.132 e. The highest BCUT2D eigenvalue weighted by atomic mass is 32.2. The normalized spacial score (nSPS) is 28.9. The number of aliphatic hydroxyl groups is 3. The fourth-order valence-corrected chi connectivity index (χ4v) is 4.89. The molecule has 3 N–H and O–H groups in total. The predicted molar refractivity (Wildman–Crippen MR) is 123 cm³/mol. The minimum Gasteiger partial charge on any atom is -0.387 e. The van der Waals surface area contributed by atoms with Crippen LogP contribution < -0.4 is 0 Å². The second-order valence-electron chi connectivity index (χ2n) is 8.25. The third-order valence-electron chi connectivity index (χ3n) is 6.19. The van der Waals surface area contributed by atoms with Gasteiger partial charge < -0.3 is 24.8 Å². The first kappa shape index (κ1) is 22.5. The molecule has 2 aromatic carbocycles. The van der Waals surface area contributed by atoms with Gasteiger partial charge in [-0.1, -0.05) is 48.5 Å². The van der Waals surface area contributed by atoms with Crippen molar-refractivity contribution < 1.29 is 24.8 Å². The number of aliphatic hydroxyl groups excluding tert-OH is 3. The molecule has 31 heavy (non-hydrogen) atoms. The van der Waals surface area contributed by atoms with Crippen molar-refractivity contribution in [2.75, 3.05) is 19.5 Å². The van der Waals surface area contributed by atoms with Crippen molar-refractivity contribution in [3.8, 4) is 0 Å². The second kappa shape index (κ2) is 9.86. The summed E-state index contributed by atoms with van der Waals surface area (Å²) in [6.45, 7) is 3.53. The van der Waals surface area contributed by atoms with Crippen molar-refractivity contribution in [1.82, 2.24) is 0 Å². The molecule has 5 atom stereocenters. The van der Waals surface area contributed by atoms with Crippen molar-refractivity contribution in [2.24, 2.45) is 0 Å². The Morgan fingerprint density at radius 3 is 2.45 bits per heavy atom. The molecule has 0 amide bonds. The summed E-state index contributed by atoms with van der Waals surface area (Å²) in [6.07, 6.45) is 1.46. The molecule has 4 rings (SSSR count). The third kappa shape index (κ3) is 4.90. The lowest BCUT2D eigenvalue weighted by molar-refractivity contribution is -0.200. The molecule has 1 unspecified atom stereocenters. The second-order valence-corrected chi connectivity index (χ2v) is 9.18. The number of aryl methyl sites for hydroxylation is 1. The molecule has 1 saturated heterocycles. The Kier molecular flexibility index (Phi) is 7.16. The van der Waals surface area contributed by atoms with E-state index < -0.39 is 29.9 Å². The first-order valence-corrected chi connectivity index (χ1v) is 11.9. The summed E-state index contributed by atoms with van der Waals surface area (Å²) in [5.41, 5.74) is 6.32. The summed E-state index contributed by atoms with van der Waals surface area (Å²) in [5.74, 6) is 0. The lowest BCUT2D eigenvalue weighted by Gasteiger charge is -2.40. The Morgan fingerprint density at radius 1 is 1.00 bits per heavy atom. The van der Waals surface area contributed by atoms with E-state index in [1.807, 2.05) is 24.5 Å². The van der Waals surface area contributed by atoms with Crippen molar-refractivity contribution in [2.45, 2.75) is 49.6 Å². The molecule has 0 saturated carbocycles. The van der Waals surface area contributed by atoms with E-state index in [-0.39, 0.29) is 0 Å². The summed E-state index contributed by atoms with van der Waals surface area (Å²) in [5, 5.41) is 30.9. The zero-order valence-electron chi connectivity index (χ0n) is 17.9. The summed E-state index contributed by atoms with van der Waals surface area (Å²) in [4.78, 5) is 0. The Balaban J connectivity index is 1.53. The van der Waals surface area contributed by atoms with E-state index in [1.165, 1.54) is 28.5 Å². The predicted octanol–water partition coefficient (Wildman–Crippen LogP) is 3.23. The largest absolute Gasteiger partial charge is 0.387 e. The Bertz CT molecular complexity index is 924. The van der Waals surface area contributed by atoms with E-state index in [1.54, 1.807) is 0 Å². The molecule has 0 bridgehead atoms. The summed E-state index contributed by atoms with van der Waals surface area (Å²) in [7, 11) is 0. The van der Waals surface area contributed by atoms with E-state index in [4.69, 9.17) is 9.47 Å². The summed E-state index contributed by atoms with van der Waals surface area (Å²) >= 11 is 1.33. The van der Waals surface area contributed by atoms with Gasteiger partial charge >= 0.3 is 0 Å². The number of thioether (sulfide) groups is 1. The maximum Gasteiger partial charge on any atom is 0.132 e. The van der Waals surface area contributed by atoms with Crippen LogP contribution in [0.4, 0.5) is 0 Å². The van der Waals surface area contributed by atoms with Gasteiger partial charge in [0, 0.05) is 0 Å². The molecular formula is C25H30O5S. The quantitative estimate of drug-likeness (QED) is 0.660. The van der Waals surface area contributed by atoms with E-state index in [9.17, 15) is 15.3 Å². The molecule has 2 aliphatic heterocycles. The van der Waals surface area contributed by atoms with Gasteiger partial charge in [0.15, 0.2) is 0 Å². The fourth-order valence-electron chi connectivity index (χ4n) is 4.22. The maximum atomic E-state index is 10.5. The van der Waals surface area contributed by atoms with Crippen LogP contribution >= 0.6 is 11.8 Å². The highest BCUT2D eigenvalue weighted by Crippen LogP contribution is 2.36. The average molecular weight is 443 g/mol. The zero-order chi connectivity index (χ0) is 22.0. The van der Waals surface area contributed by atoms with Crippen molar-refractivity contribution in [3.63, 3.8) is 0 Å². The van der Waals surface area contributed by atoms with Crippen LogP contribution in [-0.4, -0.2) is 58.5 Å². The highest BCUT2D eigenvalue weighted by Gasteiger charge is 2.44. The van der Waals surface area contributed by atoms with Crippen molar-refractivity contribution in [1.29, 1.82) is 0 Å². The van der Waals surface area contributed by atoms with Gasteiger partial charge in [-0.15, -0.1) is 11.8 Å².